The quantitative estimate of drug-likeness (QED) is 0.794. The van der Waals surface area contributed by atoms with Crippen LogP contribution < -0.4 is 5.32 Å². The first-order chi connectivity index (χ1) is 9.13. The lowest BCUT2D eigenvalue weighted by Crippen LogP contribution is -2.35. The van der Waals surface area contributed by atoms with Gasteiger partial charge in [-0.1, -0.05) is 20.3 Å². The third kappa shape index (κ3) is 5.13. The smallest absolute Gasteiger partial charge is 0.306 e. The molecule has 0 amide bonds. The van der Waals surface area contributed by atoms with Crippen molar-refractivity contribution < 1.29 is 9.53 Å². The Hall–Kier alpha value is -0.570. The van der Waals surface area contributed by atoms with Crippen LogP contribution in [0.3, 0.4) is 0 Å². The highest BCUT2D eigenvalue weighted by molar-refractivity contribution is 5.69. The fraction of sp³-hybridized carbons (Fsp3) is 0.938. The number of carbonyl (C=O) groups excluding carboxylic acids is 1. The lowest BCUT2D eigenvalue weighted by molar-refractivity contribution is -0.152. The number of rotatable bonds is 4. The van der Waals surface area contributed by atoms with Gasteiger partial charge in [0.25, 0.3) is 0 Å². The molecule has 110 valence electrons. The second-order valence-electron chi connectivity index (χ2n) is 6.71. The monoisotopic (exact) mass is 267 g/mol. The highest BCUT2D eigenvalue weighted by Gasteiger charge is 2.26. The van der Waals surface area contributed by atoms with E-state index in [-0.39, 0.29) is 12.1 Å². The van der Waals surface area contributed by atoms with Gasteiger partial charge in [-0.3, -0.25) is 4.79 Å². The van der Waals surface area contributed by atoms with Gasteiger partial charge in [-0.15, -0.1) is 0 Å². The standard InChI is InChI=1S/C16H29NO2/c1-12-9-13(2)11-15(10-12)19-16(18)7-6-14-5-3-4-8-17-14/h12-15,17H,3-11H2,1-2H3. The molecule has 0 aromatic rings. The van der Waals surface area contributed by atoms with E-state index in [1.807, 2.05) is 0 Å². The molecule has 3 unspecified atom stereocenters. The number of nitrogens with one attached hydrogen (secondary N) is 1. The van der Waals surface area contributed by atoms with Crippen LogP contribution in [-0.4, -0.2) is 24.7 Å². The zero-order valence-corrected chi connectivity index (χ0v) is 12.5. The van der Waals surface area contributed by atoms with Gasteiger partial charge in [-0.2, -0.15) is 0 Å². The molecule has 0 spiro atoms. The SMILES string of the molecule is CC1CC(C)CC(OC(=O)CCC2CCCCN2)C1. The lowest BCUT2D eigenvalue weighted by atomic mass is 9.82. The minimum absolute atomic E-state index is 0.0127. The molecule has 2 aliphatic rings. The Morgan fingerprint density at radius 1 is 1.16 bits per heavy atom. The topological polar surface area (TPSA) is 38.3 Å². The third-order valence-corrected chi connectivity index (χ3v) is 4.54. The Balaban J connectivity index is 1.65. The normalized spacial score (nSPS) is 35.9. The lowest BCUT2D eigenvalue weighted by Gasteiger charge is -2.31. The maximum Gasteiger partial charge on any atom is 0.306 e. The summed E-state index contributed by atoms with van der Waals surface area (Å²) in [5.41, 5.74) is 0. The molecule has 1 N–H and O–H groups in total. The van der Waals surface area contributed by atoms with Crippen molar-refractivity contribution in [1.82, 2.24) is 5.32 Å². The molecule has 0 aromatic heterocycles. The summed E-state index contributed by atoms with van der Waals surface area (Å²) in [6, 6.07) is 0.533. The zero-order chi connectivity index (χ0) is 13.7. The molecule has 3 atom stereocenters. The van der Waals surface area contributed by atoms with E-state index >= 15 is 0 Å². The van der Waals surface area contributed by atoms with Crippen LogP contribution in [0, 0.1) is 11.8 Å². The van der Waals surface area contributed by atoms with E-state index in [2.05, 4.69) is 19.2 Å². The van der Waals surface area contributed by atoms with Gasteiger partial charge in [0.1, 0.15) is 6.10 Å². The molecule has 3 nitrogen and oxygen atoms in total. The molecule has 3 heteroatoms. The number of hydrogen-bond acceptors (Lipinski definition) is 3. The van der Waals surface area contributed by atoms with Crippen LogP contribution in [0.5, 0.6) is 0 Å². The predicted octanol–water partition coefficient (Wildman–Crippen LogP) is 3.28. The number of carbonyl (C=O) groups is 1. The Bertz CT molecular complexity index is 276. The fourth-order valence-corrected chi connectivity index (χ4v) is 3.68. The molecule has 1 saturated heterocycles. The largest absolute Gasteiger partial charge is 0.462 e. The van der Waals surface area contributed by atoms with Crippen LogP contribution in [0.1, 0.15) is 65.2 Å². The zero-order valence-electron chi connectivity index (χ0n) is 12.5. The van der Waals surface area contributed by atoms with E-state index in [0.29, 0.717) is 24.3 Å². The maximum atomic E-state index is 11.9. The Kier molecular flexibility index (Phi) is 5.68. The van der Waals surface area contributed by atoms with E-state index in [1.165, 1.54) is 25.7 Å². The molecular formula is C16H29NO2. The number of esters is 1. The van der Waals surface area contributed by atoms with E-state index < -0.39 is 0 Å². The van der Waals surface area contributed by atoms with Gasteiger partial charge >= 0.3 is 5.97 Å². The minimum Gasteiger partial charge on any atom is -0.462 e. The van der Waals surface area contributed by atoms with Crippen LogP contribution >= 0.6 is 0 Å². The van der Waals surface area contributed by atoms with Gasteiger partial charge in [0.15, 0.2) is 0 Å². The van der Waals surface area contributed by atoms with Gasteiger partial charge in [0.2, 0.25) is 0 Å². The first-order valence-electron chi connectivity index (χ1n) is 8.06. The van der Waals surface area contributed by atoms with Crippen molar-refractivity contribution in [2.45, 2.75) is 77.4 Å². The second-order valence-corrected chi connectivity index (χ2v) is 6.71. The first kappa shape index (κ1) is 14.8. The summed E-state index contributed by atoms with van der Waals surface area (Å²) in [6.45, 7) is 5.64. The van der Waals surface area contributed by atoms with Gasteiger partial charge in [-0.25, -0.2) is 0 Å². The van der Waals surface area contributed by atoms with Crippen molar-refractivity contribution in [3.05, 3.63) is 0 Å². The molecular weight excluding hydrogens is 238 g/mol. The molecule has 2 rings (SSSR count). The minimum atomic E-state index is 0.0127. The van der Waals surface area contributed by atoms with Crippen molar-refractivity contribution in [3.8, 4) is 0 Å². The Morgan fingerprint density at radius 3 is 2.53 bits per heavy atom. The molecule has 1 aliphatic carbocycles. The number of hydrogen-bond donors (Lipinski definition) is 1. The average Bonchev–Trinajstić information content (AvgIpc) is 2.36. The molecule has 19 heavy (non-hydrogen) atoms. The predicted molar refractivity (Wildman–Crippen MR) is 76.9 cm³/mol. The van der Waals surface area contributed by atoms with Gasteiger partial charge in [0.05, 0.1) is 0 Å². The van der Waals surface area contributed by atoms with Crippen molar-refractivity contribution in [2.24, 2.45) is 11.8 Å². The summed E-state index contributed by atoms with van der Waals surface area (Å²) < 4.78 is 5.66. The number of piperidine rings is 1. The Labute approximate surface area is 117 Å². The molecule has 1 saturated carbocycles. The molecule has 0 bridgehead atoms. The fourth-order valence-electron chi connectivity index (χ4n) is 3.68. The highest BCUT2D eigenvalue weighted by Crippen LogP contribution is 2.30. The average molecular weight is 267 g/mol. The second kappa shape index (κ2) is 7.28. The Morgan fingerprint density at radius 2 is 1.89 bits per heavy atom. The van der Waals surface area contributed by atoms with Gasteiger partial charge in [-0.05, 0) is 56.9 Å². The summed E-state index contributed by atoms with van der Waals surface area (Å²) >= 11 is 0. The van der Waals surface area contributed by atoms with Gasteiger partial charge in [0, 0.05) is 12.5 Å². The van der Waals surface area contributed by atoms with Gasteiger partial charge < -0.3 is 10.1 Å². The molecule has 0 radical (unpaired) electrons. The molecule has 2 fully saturated rings. The molecule has 1 heterocycles. The van der Waals surface area contributed by atoms with Crippen molar-refractivity contribution in [3.63, 3.8) is 0 Å². The van der Waals surface area contributed by atoms with Crippen LogP contribution in [-0.2, 0) is 9.53 Å². The van der Waals surface area contributed by atoms with E-state index in [1.54, 1.807) is 0 Å². The first-order valence-corrected chi connectivity index (χ1v) is 8.06. The maximum absolute atomic E-state index is 11.9. The molecule has 1 aliphatic heterocycles. The van der Waals surface area contributed by atoms with Crippen LogP contribution in [0.2, 0.25) is 0 Å². The summed E-state index contributed by atoms with van der Waals surface area (Å²) in [5, 5.41) is 3.48. The van der Waals surface area contributed by atoms with Crippen molar-refractivity contribution in [2.75, 3.05) is 6.54 Å². The van der Waals surface area contributed by atoms with Crippen LogP contribution in [0.4, 0.5) is 0 Å². The highest BCUT2D eigenvalue weighted by atomic mass is 16.5. The van der Waals surface area contributed by atoms with Crippen molar-refractivity contribution in [1.29, 1.82) is 0 Å². The van der Waals surface area contributed by atoms with E-state index in [0.717, 1.165) is 25.8 Å². The summed E-state index contributed by atoms with van der Waals surface area (Å²) in [4.78, 5) is 11.9. The van der Waals surface area contributed by atoms with E-state index in [4.69, 9.17) is 4.74 Å². The third-order valence-electron chi connectivity index (χ3n) is 4.54. The summed E-state index contributed by atoms with van der Waals surface area (Å²) in [5.74, 6) is 1.40. The van der Waals surface area contributed by atoms with Crippen molar-refractivity contribution >= 4 is 5.97 Å². The molecule has 0 aromatic carbocycles. The van der Waals surface area contributed by atoms with E-state index in [9.17, 15) is 4.79 Å². The summed E-state index contributed by atoms with van der Waals surface area (Å²) in [6.07, 6.45) is 8.86. The van der Waals surface area contributed by atoms with Crippen LogP contribution in [0.15, 0.2) is 0 Å². The van der Waals surface area contributed by atoms with Crippen LogP contribution in [0.25, 0.3) is 0 Å². The number of ether oxygens (including phenoxy) is 1. The summed E-state index contributed by atoms with van der Waals surface area (Å²) in [7, 11) is 0.